The third-order valence-corrected chi connectivity index (χ3v) is 3.97. The van der Waals surface area contributed by atoms with Crippen LogP contribution in [0.4, 0.5) is 0 Å². The van der Waals surface area contributed by atoms with E-state index in [1.165, 1.54) is 0 Å². The number of hydrazone groups is 1. The predicted molar refractivity (Wildman–Crippen MR) is 101 cm³/mol. The maximum absolute atomic E-state index is 11.8. The number of halogens is 2. The minimum Gasteiger partial charge on any atom is -0.483 e. The van der Waals surface area contributed by atoms with Crippen LogP contribution in [0, 0.1) is 0 Å². The number of nitrogens with one attached hydrogen (secondary N) is 1. The predicted octanol–water partition coefficient (Wildman–Crippen LogP) is 4.76. The lowest BCUT2D eigenvalue weighted by molar-refractivity contribution is -0.123. The fraction of sp³-hybridized carbons (Fsp3) is 0.222. The van der Waals surface area contributed by atoms with Crippen molar-refractivity contribution in [3.8, 4) is 5.75 Å². The van der Waals surface area contributed by atoms with Crippen molar-refractivity contribution in [1.82, 2.24) is 5.43 Å². The number of carbonyl (C=O) groups is 1. The fourth-order valence-electron chi connectivity index (χ4n) is 2.01. The van der Waals surface area contributed by atoms with E-state index in [-0.39, 0.29) is 12.5 Å². The van der Waals surface area contributed by atoms with Crippen molar-refractivity contribution < 1.29 is 9.53 Å². The van der Waals surface area contributed by atoms with Gasteiger partial charge in [0.1, 0.15) is 5.75 Å². The molecule has 126 valence electrons. The van der Waals surface area contributed by atoms with E-state index in [1.54, 1.807) is 18.3 Å². The topological polar surface area (TPSA) is 50.7 Å². The number of hydrogen-bond acceptors (Lipinski definition) is 3. The Hall–Kier alpha value is -1.85. The molecule has 1 N–H and O–H groups in total. The van der Waals surface area contributed by atoms with Gasteiger partial charge in [0.05, 0.1) is 6.21 Å². The number of hydrogen-bond donors (Lipinski definition) is 1. The first kappa shape index (κ1) is 18.5. The molecular formula is C18H18BrClN2O2. The highest BCUT2D eigenvalue weighted by molar-refractivity contribution is 9.10. The molecule has 2 aromatic rings. The lowest BCUT2D eigenvalue weighted by atomic mass is 10.0. The van der Waals surface area contributed by atoms with Crippen molar-refractivity contribution in [1.29, 1.82) is 0 Å². The van der Waals surface area contributed by atoms with Gasteiger partial charge in [0, 0.05) is 9.50 Å². The van der Waals surface area contributed by atoms with Crippen molar-refractivity contribution in [3.05, 3.63) is 63.1 Å². The van der Waals surface area contributed by atoms with Crippen molar-refractivity contribution >= 4 is 39.7 Å². The molecule has 0 saturated heterocycles. The minimum atomic E-state index is -0.321. The second-order valence-corrected chi connectivity index (χ2v) is 6.82. The van der Waals surface area contributed by atoms with Gasteiger partial charge in [-0.1, -0.05) is 53.5 Å². The van der Waals surface area contributed by atoms with Crippen LogP contribution in [0.5, 0.6) is 5.75 Å². The lowest BCUT2D eigenvalue weighted by Crippen LogP contribution is -2.24. The van der Waals surface area contributed by atoms with E-state index in [9.17, 15) is 4.79 Å². The maximum atomic E-state index is 11.8. The Balaban J connectivity index is 1.88. The minimum absolute atomic E-state index is 0.0979. The van der Waals surface area contributed by atoms with Crippen molar-refractivity contribution in [2.75, 3.05) is 6.61 Å². The SMILES string of the molecule is CC(C)c1cc(Br)ccc1OCC(=O)N/N=C/c1ccc(Cl)cc1. The molecule has 0 aliphatic heterocycles. The van der Waals surface area contributed by atoms with Crippen LogP contribution in [0.2, 0.25) is 5.02 Å². The van der Waals surface area contributed by atoms with Crippen LogP contribution < -0.4 is 10.2 Å². The van der Waals surface area contributed by atoms with Crippen LogP contribution in [-0.2, 0) is 4.79 Å². The number of benzene rings is 2. The summed E-state index contributed by atoms with van der Waals surface area (Å²) < 4.78 is 6.59. The third kappa shape index (κ3) is 5.65. The van der Waals surface area contributed by atoms with Gasteiger partial charge in [-0.25, -0.2) is 5.43 Å². The van der Waals surface area contributed by atoms with E-state index >= 15 is 0 Å². The van der Waals surface area contributed by atoms with Gasteiger partial charge in [-0.2, -0.15) is 5.10 Å². The van der Waals surface area contributed by atoms with Crippen molar-refractivity contribution in [2.24, 2.45) is 5.10 Å². The molecule has 0 radical (unpaired) electrons. The summed E-state index contributed by atoms with van der Waals surface area (Å²) in [6.07, 6.45) is 1.55. The highest BCUT2D eigenvalue weighted by Gasteiger charge is 2.10. The molecule has 4 nitrogen and oxygen atoms in total. The molecule has 0 spiro atoms. The third-order valence-electron chi connectivity index (χ3n) is 3.23. The molecule has 2 aromatic carbocycles. The number of carbonyl (C=O) groups excluding carboxylic acids is 1. The molecule has 0 unspecified atom stereocenters. The van der Waals surface area contributed by atoms with E-state index in [2.05, 4.69) is 40.3 Å². The monoisotopic (exact) mass is 408 g/mol. The van der Waals surface area contributed by atoms with E-state index in [1.807, 2.05) is 30.3 Å². The highest BCUT2D eigenvalue weighted by Crippen LogP contribution is 2.29. The first-order valence-electron chi connectivity index (χ1n) is 7.45. The molecule has 2 rings (SSSR count). The first-order valence-corrected chi connectivity index (χ1v) is 8.62. The zero-order chi connectivity index (χ0) is 17.5. The van der Waals surface area contributed by atoms with Gasteiger partial charge in [0.15, 0.2) is 6.61 Å². The number of ether oxygens (including phenoxy) is 1. The Morgan fingerprint density at radius 2 is 2.00 bits per heavy atom. The quantitative estimate of drug-likeness (QED) is 0.552. The molecule has 0 aliphatic carbocycles. The number of amides is 1. The van der Waals surface area contributed by atoms with Gasteiger partial charge >= 0.3 is 0 Å². The van der Waals surface area contributed by atoms with Crippen LogP contribution in [0.25, 0.3) is 0 Å². The summed E-state index contributed by atoms with van der Waals surface area (Å²) in [5, 5.41) is 4.55. The van der Waals surface area contributed by atoms with Crippen LogP contribution in [0.1, 0.15) is 30.9 Å². The molecule has 6 heteroatoms. The Morgan fingerprint density at radius 1 is 1.29 bits per heavy atom. The zero-order valence-electron chi connectivity index (χ0n) is 13.4. The summed E-state index contributed by atoms with van der Waals surface area (Å²) in [6.45, 7) is 4.05. The summed E-state index contributed by atoms with van der Waals surface area (Å²) in [4.78, 5) is 11.8. The Labute approximate surface area is 155 Å². The standard InChI is InChI=1S/C18H18BrClN2O2/c1-12(2)16-9-14(19)5-8-17(16)24-11-18(23)22-21-10-13-3-6-15(20)7-4-13/h3-10,12H,11H2,1-2H3,(H,22,23)/b21-10+. The van der Waals surface area contributed by atoms with Crippen LogP contribution >= 0.6 is 27.5 Å². The van der Waals surface area contributed by atoms with Crippen molar-refractivity contribution in [2.45, 2.75) is 19.8 Å². The molecule has 0 fully saturated rings. The summed E-state index contributed by atoms with van der Waals surface area (Å²) in [6, 6.07) is 12.9. The van der Waals surface area contributed by atoms with Crippen LogP contribution in [0.15, 0.2) is 52.0 Å². The maximum Gasteiger partial charge on any atom is 0.277 e. The average Bonchev–Trinajstić information content (AvgIpc) is 2.55. The van der Waals surface area contributed by atoms with E-state index < -0.39 is 0 Å². The first-order chi connectivity index (χ1) is 11.5. The van der Waals surface area contributed by atoms with E-state index in [0.29, 0.717) is 16.7 Å². The second-order valence-electron chi connectivity index (χ2n) is 5.47. The molecule has 1 amide bonds. The van der Waals surface area contributed by atoms with Crippen LogP contribution in [-0.4, -0.2) is 18.7 Å². The van der Waals surface area contributed by atoms with E-state index in [4.69, 9.17) is 16.3 Å². The summed E-state index contributed by atoms with van der Waals surface area (Å²) in [7, 11) is 0. The molecular weight excluding hydrogens is 392 g/mol. The molecule has 0 saturated carbocycles. The molecule has 0 heterocycles. The Kier molecular flexibility index (Phi) is 6.82. The number of rotatable bonds is 6. The molecule has 24 heavy (non-hydrogen) atoms. The normalized spacial score (nSPS) is 11.0. The van der Waals surface area contributed by atoms with Gasteiger partial charge < -0.3 is 4.74 Å². The van der Waals surface area contributed by atoms with Gasteiger partial charge in [-0.3, -0.25) is 4.79 Å². The summed E-state index contributed by atoms with van der Waals surface area (Å²) in [5.74, 6) is 0.673. The average molecular weight is 410 g/mol. The van der Waals surface area contributed by atoms with Crippen LogP contribution in [0.3, 0.4) is 0 Å². The summed E-state index contributed by atoms with van der Waals surface area (Å²) in [5.41, 5.74) is 4.33. The lowest BCUT2D eigenvalue weighted by Gasteiger charge is -2.13. The van der Waals surface area contributed by atoms with E-state index in [0.717, 1.165) is 15.6 Å². The Bertz CT molecular complexity index is 730. The number of nitrogens with zero attached hydrogens (tertiary/aromatic N) is 1. The molecule has 0 bridgehead atoms. The zero-order valence-corrected chi connectivity index (χ0v) is 15.8. The molecule has 0 atom stereocenters. The van der Waals surface area contributed by atoms with Gasteiger partial charge in [-0.15, -0.1) is 0 Å². The van der Waals surface area contributed by atoms with Gasteiger partial charge in [0.25, 0.3) is 5.91 Å². The largest absolute Gasteiger partial charge is 0.483 e. The smallest absolute Gasteiger partial charge is 0.277 e. The Morgan fingerprint density at radius 3 is 2.67 bits per heavy atom. The molecule has 0 aliphatic rings. The summed E-state index contributed by atoms with van der Waals surface area (Å²) >= 11 is 9.25. The highest BCUT2D eigenvalue weighted by atomic mass is 79.9. The second kappa shape index (κ2) is 8.85. The molecule has 0 aromatic heterocycles. The van der Waals surface area contributed by atoms with Crippen molar-refractivity contribution in [3.63, 3.8) is 0 Å². The van der Waals surface area contributed by atoms with Gasteiger partial charge in [0.2, 0.25) is 0 Å². The fourth-order valence-corrected chi connectivity index (χ4v) is 2.51. The van der Waals surface area contributed by atoms with Gasteiger partial charge in [-0.05, 0) is 47.4 Å².